The number of alkyl halides is 3. The molecule has 10 nitrogen and oxygen atoms in total. The van der Waals surface area contributed by atoms with Crippen LogP contribution in [-0.2, 0) is 16.1 Å². The van der Waals surface area contributed by atoms with Crippen molar-refractivity contribution in [2.24, 2.45) is 0 Å². The molecule has 1 aliphatic rings. The van der Waals surface area contributed by atoms with Crippen molar-refractivity contribution in [2.45, 2.75) is 12.7 Å². The average molecular weight is 451 g/mol. The molecule has 32 heavy (non-hydrogen) atoms. The van der Waals surface area contributed by atoms with E-state index in [1.165, 1.54) is 0 Å². The fourth-order valence-electron chi connectivity index (χ4n) is 2.86. The minimum atomic E-state index is -5.08. The van der Waals surface area contributed by atoms with Crippen LogP contribution in [0.5, 0.6) is 0 Å². The highest BCUT2D eigenvalue weighted by atomic mass is 19.4. The monoisotopic (exact) mass is 451 g/mol. The van der Waals surface area contributed by atoms with Crippen molar-refractivity contribution >= 4 is 34.4 Å². The van der Waals surface area contributed by atoms with E-state index in [2.05, 4.69) is 30.6 Å². The first kappa shape index (κ1) is 22.9. The van der Waals surface area contributed by atoms with Gasteiger partial charge in [0.05, 0.1) is 23.6 Å². The molecule has 4 rings (SSSR count). The summed E-state index contributed by atoms with van der Waals surface area (Å²) in [6.45, 7) is 3.78. The van der Waals surface area contributed by atoms with E-state index in [0.29, 0.717) is 11.6 Å². The maximum Gasteiger partial charge on any atom is 0.490 e. The molecule has 1 fully saturated rings. The SMILES string of the molecule is O=C(Cn1cc2ccccc2n1)Nc1cnc(N2CCNCC2)nc1.O=C(O)C(F)(F)F. The third-order valence-electron chi connectivity index (χ3n) is 4.33. The number of nitrogens with zero attached hydrogens (tertiary/aromatic N) is 5. The minimum absolute atomic E-state index is 0.147. The molecule has 0 radical (unpaired) electrons. The van der Waals surface area contributed by atoms with Gasteiger partial charge in [0.2, 0.25) is 11.9 Å². The third-order valence-corrected chi connectivity index (χ3v) is 4.33. The number of piperazine rings is 1. The molecule has 3 N–H and O–H groups in total. The molecular formula is C19H20F3N7O3. The van der Waals surface area contributed by atoms with Crippen molar-refractivity contribution in [2.75, 3.05) is 36.4 Å². The lowest BCUT2D eigenvalue weighted by atomic mass is 10.3. The second kappa shape index (κ2) is 10.0. The predicted molar refractivity (Wildman–Crippen MR) is 109 cm³/mol. The Morgan fingerprint density at radius 1 is 1.12 bits per heavy atom. The predicted octanol–water partition coefficient (Wildman–Crippen LogP) is 1.51. The lowest BCUT2D eigenvalue weighted by Crippen LogP contribution is -2.44. The summed E-state index contributed by atoms with van der Waals surface area (Å²) >= 11 is 0. The molecule has 1 saturated heterocycles. The Balaban J connectivity index is 0.000000360. The van der Waals surface area contributed by atoms with Gasteiger partial charge in [0.15, 0.2) is 0 Å². The first-order valence-electron chi connectivity index (χ1n) is 9.52. The van der Waals surface area contributed by atoms with Crippen LogP contribution < -0.4 is 15.5 Å². The molecule has 0 aliphatic carbocycles. The molecule has 0 bridgehead atoms. The summed E-state index contributed by atoms with van der Waals surface area (Å²) in [5.74, 6) is -2.23. The number of anilines is 2. The van der Waals surface area contributed by atoms with Crippen LogP contribution in [-0.4, -0.2) is 69.1 Å². The molecule has 1 amide bonds. The summed E-state index contributed by atoms with van der Waals surface area (Å²) in [5, 5.41) is 18.6. The Hall–Kier alpha value is -3.74. The fraction of sp³-hybridized carbons (Fsp3) is 0.316. The van der Waals surface area contributed by atoms with Crippen molar-refractivity contribution in [3.05, 3.63) is 42.9 Å². The minimum Gasteiger partial charge on any atom is -0.475 e. The maximum atomic E-state index is 12.2. The molecule has 1 aromatic carbocycles. The molecule has 0 unspecified atom stereocenters. The van der Waals surface area contributed by atoms with Crippen LogP contribution in [0.25, 0.3) is 10.9 Å². The van der Waals surface area contributed by atoms with Crippen molar-refractivity contribution in [3.8, 4) is 0 Å². The van der Waals surface area contributed by atoms with Crippen molar-refractivity contribution < 1.29 is 27.9 Å². The largest absolute Gasteiger partial charge is 0.490 e. The third kappa shape index (κ3) is 6.38. The van der Waals surface area contributed by atoms with Gasteiger partial charge in [-0.3, -0.25) is 9.48 Å². The molecular weight excluding hydrogens is 431 g/mol. The molecule has 0 saturated carbocycles. The van der Waals surface area contributed by atoms with Gasteiger partial charge in [-0.25, -0.2) is 14.8 Å². The van der Waals surface area contributed by atoms with Gasteiger partial charge in [0.25, 0.3) is 0 Å². The van der Waals surface area contributed by atoms with Gasteiger partial charge in [0.1, 0.15) is 6.54 Å². The first-order valence-corrected chi connectivity index (χ1v) is 9.52. The molecule has 1 aliphatic heterocycles. The number of amides is 1. The first-order chi connectivity index (χ1) is 15.2. The zero-order chi connectivity index (χ0) is 23.1. The molecule has 3 heterocycles. The van der Waals surface area contributed by atoms with Crippen LogP contribution >= 0.6 is 0 Å². The van der Waals surface area contributed by atoms with Crippen LogP contribution in [0.3, 0.4) is 0 Å². The van der Waals surface area contributed by atoms with Crippen molar-refractivity contribution in [1.29, 1.82) is 0 Å². The van der Waals surface area contributed by atoms with E-state index in [9.17, 15) is 18.0 Å². The quantitative estimate of drug-likeness (QED) is 0.545. The molecule has 170 valence electrons. The number of rotatable bonds is 4. The number of nitrogens with one attached hydrogen (secondary N) is 2. The Bertz CT molecular complexity index is 1030. The van der Waals surface area contributed by atoms with Gasteiger partial charge < -0.3 is 20.6 Å². The molecule has 0 atom stereocenters. The van der Waals surface area contributed by atoms with Gasteiger partial charge in [-0.15, -0.1) is 0 Å². The highest BCUT2D eigenvalue weighted by Gasteiger charge is 2.38. The fourth-order valence-corrected chi connectivity index (χ4v) is 2.86. The van der Waals surface area contributed by atoms with E-state index < -0.39 is 12.1 Å². The van der Waals surface area contributed by atoms with E-state index in [1.807, 2.05) is 30.5 Å². The van der Waals surface area contributed by atoms with E-state index >= 15 is 0 Å². The summed E-state index contributed by atoms with van der Waals surface area (Å²) in [4.78, 5) is 31.9. The van der Waals surface area contributed by atoms with Gasteiger partial charge in [-0.1, -0.05) is 18.2 Å². The summed E-state index contributed by atoms with van der Waals surface area (Å²) in [7, 11) is 0. The zero-order valence-corrected chi connectivity index (χ0v) is 16.7. The summed E-state index contributed by atoms with van der Waals surface area (Å²) in [6, 6.07) is 7.77. The topological polar surface area (TPSA) is 125 Å². The summed E-state index contributed by atoms with van der Waals surface area (Å²) in [6.07, 6.45) is 0.0582. The average Bonchev–Trinajstić information content (AvgIpc) is 3.17. The summed E-state index contributed by atoms with van der Waals surface area (Å²) < 4.78 is 33.4. The number of carboxylic acid groups (broad SMARTS) is 1. The number of aliphatic carboxylic acids is 1. The molecule has 0 spiro atoms. The smallest absolute Gasteiger partial charge is 0.475 e. The Morgan fingerprint density at radius 3 is 2.34 bits per heavy atom. The number of carboxylic acids is 1. The van der Waals surface area contributed by atoms with Crippen LogP contribution in [0.1, 0.15) is 0 Å². The number of benzene rings is 1. The van der Waals surface area contributed by atoms with Crippen LogP contribution in [0.4, 0.5) is 24.8 Å². The van der Waals surface area contributed by atoms with Crippen LogP contribution in [0.2, 0.25) is 0 Å². The van der Waals surface area contributed by atoms with Crippen molar-refractivity contribution in [3.63, 3.8) is 0 Å². The van der Waals surface area contributed by atoms with Gasteiger partial charge in [0, 0.05) is 37.8 Å². The highest BCUT2D eigenvalue weighted by Crippen LogP contribution is 2.14. The lowest BCUT2D eigenvalue weighted by molar-refractivity contribution is -0.192. The number of halogens is 3. The van der Waals surface area contributed by atoms with E-state index in [0.717, 1.165) is 37.1 Å². The Kier molecular flexibility index (Phi) is 7.20. The number of fused-ring (bicyclic) bond motifs is 1. The lowest BCUT2D eigenvalue weighted by Gasteiger charge is -2.27. The van der Waals surface area contributed by atoms with Gasteiger partial charge >= 0.3 is 12.1 Å². The normalized spacial score (nSPS) is 13.9. The molecule has 13 heteroatoms. The number of aromatic nitrogens is 4. The van der Waals surface area contributed by atoms with Gasteiger partial charge in [-0.2, -0.15) is 18.3 Å². The summed E-state index contributed by atoms with van der Waals surface area (Å²) in [5.41, 5.74) is 1.46. The Morgan fingerprint density at radius 2 is 1.75 bits per heavy atom. The van der Waals surface area contributed by atoms with Crippen LogP contribution in [0.15, 0.2) is 42.9 Å². The molecule has 3 aromatic rings. The Labute approximate surface area is 180 Å². The standard InChI is InChI=1S/C17H19N7O.C2HF3O2/c25-16(12-24-11-13-3-1-2-4-15(13)22-24)21-14-9-19-17(20-10-14)23-7-5-18-6-8-23;3-2(4,5)1(6)7/h1-4,9-11,18H,5-8,12H2,(H,21,25);(H,6,7). The highest BCUT2D eigenvalue weighted by molar-refractivity contribution is 5.90. The van der Waals surface area contributed by atoms with E-state index in [1.54, 1.807) is 17.1 Å². The van der Waals surface area contributed by atoms with Gasteiger partial charge in [-0.05, 0) is 6.07 Å². The van der Waals surface area contributed by atoms with E-state index in [-0.39, 0.29) is 12.5 Å². The number of hydrogen-bond acceptors (Lipinski definition) is 7. The molecule has 2 aromatic heterocycles. The van der Waals surface area contributed by atoms with Crippen LogP contribution in [0, 0.1) is 0 Å². The zero-order valence-electron chi connectivity index (χ0n) is 16.7. The second-order valence-corrected chi connectivity index (χ2v) is 6.75. The number of carbonyl (C=O) groups excluding carboxylic acids is 1. The van der Waals surface area contributed by atoms with Crippen molar-refractivity contribution in [1.82, 2.24) is 25.1 Å². The maximum absolute atomic E-state index is 12.2. The number of carbonyl (C=O) groups is 2. The second-order valence-electron chi connectivity index (χ2n) is 6.75. The number of hydrogen-bond donors (Lipinski definition) is 3. The van der Waals surface area contributed by atoms with E-state index in [4.69, 9.17) is 9.90 Å².